The van der Waals surface area contributed by atoms with Crippen molar-refractivity contribution in [1.29, 1.82) is 0 Å². The maximum absolute atomic E-state index is 11.7. The number of benzene rings is 2. The van der Waals surface area contributed by atoms with Crippen LogP contribution in [0.5, 0.6) is 17.2 Å². The third kappa shape index (κ3) is 5.27. The molecule has 1 heterocycles. The molecule has 0 fully saturated rings. The Bertz CT molecular complexity index is 724. The van der Waals surface area contributed by atoms with Gasteiger partial charge in [-0.2, -0.15) is 0 Å². The minimum atomic E-state index is -0.0331. The number of ether oxygens (including phenoxy) is 3. The summed E-state index contributed by atoms with van der Waals surface area (Å²) < 4.78 is 16.4. The highest BCUT2D eigenvalue weighted by molar-refractivity contribution is 5.90. The normalized spacial score (nSPS) is 11.6. The fraction of sp³-hybridized carbons (Fsp3) is 0.278. The number of hydrogen-bond donors (Lipinski definition) is 2. The van der Waals surface area contributed by atoms with Crippen LogP contribution in [0.2, 0.25) is 0 Å². The van der Waals surface area contributed by atoms with Gasteiger partial charge in [-0.05, 0) is 42.8 Å². The molecule has 1 amide bonds. The standard InChI is InChI=1S/C18H20N2O4.ClH/c19-8-2-5-18(21)20-14-4-1-3-13(9-14)11-22-15-6-7-16-17(10-15)24-12-23-16;/h1,3-4,6-7,9-10H,2,5,8,11-12,19H2,(H,20,21);1H. The van der Waals surface area contributed by atoms with E-state index in [9.17, 15) is 4.79 Å². The molecule has 7 heteroatoms. The summed E-state index contributed by atoms with van der Waals surface area (Å²) >= 11 is 0. The van der Waals surface area contributed by atoms with Gasteiger partial charge in [0.2, 0.25) is 12.7 Å². The summed E-state index contributed by atoms with van der Waals surface area (Å²) in [5.74, 6) is 2.09. The molecule has 134 valence electrons. The zero-order chi connectivity index (χ0) is 16.8. The van der Waals surface area contributed by atoms with Gasteiger partial charge < -0.3 is 25.3 Å². The van der Waals surface area contributed by atoms with Gasteiger partial charge in [0.1, 0.15) is 12.4 Å². The van der Waals surface area contributed by atoms with E-state index in [0.29, 0.717) is 37.5 Å². The molecule has 3 N–H and O–H groups in total. The van der Waals surface area contributed by atoms with Crippen molar-refractivity contribution in [3.05, 3.63) is 48.0 Å². The Kier molecular flexibility index (Phi) is 6.91. The highest BCUT2D eigenvalue weighted by Gasteiger charge is 2.13. The average Bonchev–Trinajstić information content (AvgIpc) is 3.06. The Morgan fingerprint density at radius 1 is 1.16 bits per heavy atom. The van der Waals surface area contributed by atoms with Crippen molar-refractivity contribution in [3.8, 4) is 17.2 Å². The predicted octanol–water partition coefficient (Wildman–Crippen LogP) is 3.09. The van der Waals surface area contributed by atoms with Gasteiger partial charge in [0, 0.05) is 18.2 Å². The third-order valence-electron chi connectivity index (χ3n) is 3.57. The van der Waals surface area contributed by atoms with E-state index in [4.69, 9.17) is 19.9 Å². The molecule has 3 rings (SSSR count). The van der Waals surface area contributed by atoms with Crippen LogP contribution >= 0.6 is 12.4 Å². The maximum Gasteiger partial charge on any atom is 0.231 e. The minimum absolute atomic E-state index is 0. The summed E-state index contributed by atoms with van der Waals surface area (Å²) in [5, 5.41) is 2.86. The number of carbonyl (C=O) groups excluding carboxylic acids is 1. The molecule has 2 aromatic rings. The molecule has 0 radical (unpaired) electrons. The summed E-state index contributed by atoms with van der Waals surface area (Å²) in [7, 11) is 0. The number of rotatable bonds is 7. The van der Waals surface area contributed by atoms with Crippen LogP contribution in [0.25, 0.3) is 0 Å². The summed E-state index contributed by atoms with van der Waals surface area (Å²) in [4.78, 5) is 11.7. The van der Waals surface area contributed by atoms with Crippen molar-refractivity contribution in [2.75, 3.05) is 18.7 Å². The van der Waals surface area contributed by atoms with Gasteiger partial charge in [-0.1, -0.05) is 12.1 Å². The van der Waals surface area contributed by atoms with Crippen molar-refractivity contribution in [2.45, 2.75) is 19.4 Å². The van der Waals surface area contributed by atoms with Gasteiger partial charge in [-0.25, -0.2) is 0 Å². The number of nitrogens with two attached hydrogens (primary N) is 1. The fourth-order valence-electron chi connectivity index (χ4n) is 2.36. The molecule has 0 spiro atoms. The molecule has 1 aliphatic heterocycles. The van der Waals surface area contributed by atoms with Crippen LogP contribution in [-0.4, -0.2) is 19.2 Å². The van der Waals surface area contributed by atoms with Crippen LogP contribution in [0.15, 0.2) is 42.5 Å². The lowest BCUT2D eigenvalue weighted by Gasteiger charge is -2.09. The van der Waals surface area contributed by atoms with Crippen LogP contribution < -0.4 is 25.3 Å². The highest BCUT2D eigenvalue weighted by Crippen LogP contribution is 2.35. The largest absolute Gasteiger partial charge is 0.489 e. The second-order valence-corrected chi connectivity index (χ2v) is 5.44. The molecule has 1 aliphatic rings. The molecule has 6 nitrogen and oxygen atoms in total. The molecule has 0 bridgehead atoms. The lowest BCUT2D eigenvalue weighted by atomic mass is 10.2. The smallest absolute Gasteiger partial charge is 0.231 e. The third-order valence-corrected chi connectivity index (χ3v) is 3.57. The second-order valence-electron chi connectivity index (χ2n) is 5.44. The van der Waals surface area contributed by atoms with Gasteiger partial charge in [0.15, 0.2) is 11.5 Å². The number of fused-ring (bicyclic) bond motifs is 1. The first-order valence-corrected chi connectivity index (χ1v) is 7.86. The van der Waals surface area contributed by atoms with Crippen molar-refractivity contribution in [2.24, 2.45) is 5.73 Å². The molecule has 25 heavy (non-hydrogen) atoms. The number of carbonyl (C=O) groups is 1. The molecule has 0 unspecified atom stereocenters. The van der Waals surface area contributed by atoms with Gasteiger partial charge in [-0.3, -0.25) is 4.79 Å². The van der Waals surface area contributed by atoms with E-state index in [1.807, 2.05) is 36.4 Å². The first-order valence-electron chi connectivity index (χ1n) is 7.86. The number of halogens is 1. The fourth-order valence-corrected chi connectivity index (χ4v) is 2.36. The topological polar surface area (TPSA) is 82.8 Å². The zero-order valence-electron chi connectivity index (χ0n) is 13.7. The molecular weight excluding hydrogens is 344 g/mol. The van der Waals surface area contributed by atoms with Crippen LogP contribution in [0, 0.1) is 0 Å². The quantitative estimate of drug-likeness (QED) is 0.788. The van der Waals surface area contributed by atoms with E-state index in [0.717, 1.165) is 17.0 Å². The summed E-state index contributed by atoms with van der Waals surface area (Å²) in [5.41, 5.74) is 7.13. The van der Waals surface area contributed by atoms with Crippen LogP contribution in [0.4, 0.5) is 5.69 Å². The van der Waals surface area contributed by atoms with Crippen LogP contribution in [0.1, 0.15) is 18.4 Å². The maximum atomic E-state index is 11.7. The monoisotopic (exact) mass is 364 g/mol. The van der Waals surface area contributed by atoms with E-state index in [1.165, 1.54) is 0 Å². The number of nitrogens with one attached hydrogen (secondary N) is 1. The van der Waals surface area contributed by atoms with Crippen molar-refractivity contribution >= 4 is 24.0 Å². The molecule has 2 aromatic carbocycles. The summed E-state index contributed by atoms with van der Waals surface area (Å²) in [6.07, 6.45) is 1.10. The molecule has 0 aromatic heterocycles. The van der Waals surface area contributed by atoms with Gasteiger partial charge in [-0.15, -0.1) is 12.4 Å². The van der Waals surface area contributed by atoms with Gasteiger partial charge >= 0.3 is 0 Å². The molecule has 0 saturated carbocycles. The average molecular weight is 365 g/mol. The van der Waals surface area contributed by atoms with Gasteiger partial charge in [0.25, 0.3) is 0 Å². The predicted molar refractivity (Wildman–Crippen MR) is 97.5 cm³/mol. The van der Waals surface area contributed by atoms with Crippen LogP contribution in [-0.2, 0) is 11.4 Å². The van der Waals surface area contributed by atoms with E-state index in [-0.39, 0.29) is 25.1 Å². The molecule has 0 aliphatic carbocycles. The highest BCUT2D eigenvalue weighted by atomic mass is 35.5. The number of hydrogen-bond acceptors (Lipinski definition) is 5. The lowest BCUT2D eigenvalue weighted by molar-refractivity contribution is -0.116. The SMILES string of the molecule is Cl.NCCCC(=O)Nc1cccc(COc2ccc3c(c2)OCO3)c1. The first-order chi connectivity index (χ1) is 11.7. The molecule has 0 atom stereocenters. The first kappa shape index (κ1) is 18.9. The molecule has 0 saturated heterocycles. The Morgan fingerprint density at radius 2 is 2.00 bits per heavy atom. The Labute approximate surface area is 152 Å². The van der Waals surface area contributed by atoms with E-state index < -0.39 is 0 Å². The van der Waals surface area contributed by atoms with Crippen molar-refractivity contribution < 1.29 is 19.0 Å². The Morgan fingerprint density at radius 3 is 2.84 bits per heavy atom. The number of anilines is 1. The zero-order valence-corrected chi connectivity index (χ0v) is 14.5. The van der Waals surface area contributed by atoms with E-state index >= 15 is 0 Å². The lowest BCUT2D eigenvalue weighted by Crippen LogP contribution is -2.13. The van der Waals surface area contributed by atoms with Crippen LogP contribution in [0.3, 0.4) is 0 Å². The van der Waals surface area contributed by atoms with E-state index in [1.54, 1.807) is 6.07 Å². The van der Waals surface area contributed by atoms with E-state index in [2.05, 4.69) is 5.32 Å². The minimum Gasteiger partial charge on any atom is -0.489 e. The Balaban J connectivity index is 0.00000225. The Hall–Kier alpha value is -2.44. The summed E-state index contributed by atoms with van der Waals surface area (Å²) in [6.45, 7) is 1.15. The molecular formula is C18H21ClN2O4. The van der Waals surface area contributed by atoms with Gasteiger partial charge in [0.05, 0.1) is 0 Å². The number of amides is 1. The summed E-state index contributed by atoms with van der Waals surface area (Å²) in [6, 6.07) is 13.1. The van der Waals surface area contributed by atoms with Crippen molar-refractivity contribution in [3.63, 3.8) is 0 Å². The van der Waals surface area contributed by atoms with Crippen molar-refractivity contribution in [1.82, 2.24) is 0 Å². The second kappa shape index (κ2) is 9.15.